The molecule has 4 aromatic carbocycles. The van der Waals surface area contributed by atoms with E-state index < -0.39 is 0 Å². The van der Waals surface area contributed by atoms with Crippen molar-refractivity contribution in [1.82, 2.24) is 0 Å². The molecule has 0 aliphatic rings. The van der Waals surface area contributed by atoms with Crippen molar-refractivity contribution in [3.8, 4) is 45.8 Å². The molecule has 0 fully saturated rings. The van der Waals surface area contributed by atoms with Crippen LogP contribution in [0.25, 0.3) is 22.5 Å². The van der Waals surface area contributed by atoms with E-state index in [0.29, 0.717) is 40.0 Å². The molecule has 7 heteroatoms. The zero-order valence-corrected chi connectivity index (χ0v) is 22.7. The average Bonchev–Trinajstić information content (AvgIpc) is 3.38. The molecule has 40 heavy (non-hydrogen) atoms. The third-order valence-electron chi connectivity index (χ3n) is 6.24. The number of aliphatic imine (C=N–C) groups is 1. The van der Waals surface area contributed by atoms with Gasteiger partial charge in [0.05, 0.1) is 14.2 Å². The summed E-state index contributed by atoms with van der Waals surface area (Å²) in [5.41, 5.74) is 4.40. The Kier molecular flexibility index (Phi) is 8.15. The van der Waals surface area contributed by atoms with E-state index in [-0.39, 0.29) is 5.88 Å². The van der Waals surface area contributed by atoms with Crippen LogP contribution in [0.15, 0.2) is 106 Å². The van der Waals surface area contributed by atoms with Crippen molar-refractivity contribution in [2.75, 3.05) is 14.2 Å². The van der Waals surface area contributed by atoms with Gasteiger partial charge in [-0.15, -0.1) is 0 Å². The van der Waals surface area contributed by atoms with Gasteiger partial charge in [-0.05, 0) is 77.4 Å². The van der Waals surface area contributed by atoms with Crippen LogP contribution < -0.4 is 14.2 Å². The molecule has 198 valence electrons. The summed E-state index contributed by atoms with van der Waals surface area (Å²) in [5.74, 6) is 2.88. The minimum absolute atomic E-state index is 0.214. The summed E-state index contributed by atoms with van der Waals surface area (Å²) < 4.78 is 22.8. The molecule has 0 saturated carbocycles. The van der Waals surface area contributed by atoms with Gasteiger partial charge in [-0.2, -0.15) is 5.26 Å². The number of nitriles is 1. The molecule has 0 spiro atoms. The van der Waals surface area contributed by atoms with Crippen molar-refractivity contribution < 1.29 is 18.6 Å². The first kappa shape index (κ1) is 26.6. The van der Waals surface area contributed by atoms with E-state index in [1.54, 1.807) is 20.4 Å². The van der Waals surface area contributed by atoms with Gasteiger partial charge in [-0.3, -0.25) is 0 Å². The van der Waals surface area contributed by atoms with E-state index in [1.165, 1.54) is 0 Å². The van der Waals surface area contributed by atoms with Gasteiger partial charge in [0, 0.05) is 22.4 Å². The lowest BCUT2D eigenvalue weighted by Crippen LogP contribution is -1.95. The number of methoxy groups -OCH3 is 2. The highest BCUT2D eigenvalue weighted by Crippen LogP contribution is 2.43. The molecule has 0 amide bonds. The average molecular weight is 549 g/mol. The molecule has 0 aliphatic carbocycles. The molecular weight excluding hydrogens is 524 g/mol. The first-order valence-corrected chi connectivity index (χ1v) is 12.8. The first-order valence-electron chi connectivity index (χ1n) is 12.4. The Morgan fingerprint density at radius 2 is 1.48 bits per heavy atom. The Bertz CT molecular complexity index is 1670. The van der Waals surface area contributed by atoms with Gasteiger partial charge in [0.2, 0.25) is 5.88 Å². The zero-order chi connectivity index (χ0) is 27.9. The molecule has 0 atom stereocenters. The fourth-order valence-corrected chi connectivity index (χ4v) is 4.28. The molecule has 0 radical (unpaired) electrons. The summed E-state index contributed by atoms with van der Waals surface area (Å²) in [6.45, 7) is 0.408. The molecule has 1 heterocycles. The van der Waals surface area contributed by atoms with Gasteiger partial charge in [0.15, 0.2) is 0 Å². The molecule has 0 unspecified atom stereocenters. The topological polar surface area (TPSA) is 77.0 Å². The number of hydrogen-bond donors (Lipinski definition) is 0. The quantitative estimate of drug-likeness (QED) is 0.173. The summed E-state index contributed by atoms with van der Waals surface area (Å²) in [7, 11) is 3.23. The van der Waals surface area contributed by atoms with Gasteiger partial charge in [-0.25, -0.2) is 4.99 Å². The fourth-order valence-electron chi connectivity index (χ4n) is 4.16. The highest BCUT2D eigenvalue weighted by Gasteiger charge is 2.23. The zero-order valence-electron chi connectivity index (χ0n) is 21.9. The standard InChI is InChI=1S/C33H25ClN2O4/c1-37-27-14-8-24(9-15-27)31-30(19-35)33(40-32(31)25-10-16-28(38-2)17-11-25)36-20-23-4-3-5-29(18-23)39-21-22-6-12-26(34)13-7-22/h3-18,20H,21H2,1-2H3. The Hall–Kier alpha value is -4.99. The van der Waals surface area contributed by atoms with Gasteiger partial charge >= 0.3 is 0 Å². The van der Waals surface area contributed by atoms with Crippen molar-refractivity contribution in [1.29, 1.82) is 5.26 Å². The molecule has 6 nitrogen and oxygen atoms in total. The highest BCUT2D eigenvalue weighted by atomic mass is 35.5. The van der Waals surface area contributed by atoms with Crippen molar-refractivity contribution >= 4 is 23.7 Å². The van der Waals surface area contributed by atoms with Gasteiger partial charge in [-0.1, -0.05) is 48.0 Å². The van der Waals surface area contributed by atoms with Crippen LogP contribution in [0.3, 0.4) is 0 Å². The lowest BCUT2D eigenvalue weighted by molar-refractivity contribution is 0.306. The van der Waals surface area contributed by atoms with E-state index >= 15 is 0 Å². The summed E-state index contributed by atoms with van der Waals surface area (Å²) in [5, 5.41) is 10.9. The number of nitrogens with zero attached hydrogens (tertiary/aromatic N) is 2. The maximum absolute atomic E-state index is 10.2. The van der Waals surface area contributed by atoms with Crippen molar-refractivity contribution in [2.45, 2.75) is 6.61 Å². The molecule has 0 saturated heterocycles. The first-order chi connectivity index (χ1) is 19.6. The van der Waals surface area contributed by atoms with Crippen LogP contribution in [0.2, 0.25) is 5.02 Å². The largest absolute Gasteiger partial charge is 0.497 e. The minimum Gasteiger partial charge on any atom is -0.497 e. The van der Waals surface area contributed by atoms with Crippen LogP contribution in [-0.2, 0) is 6.61 Å². The van der Waals surface area contributed by atoms with Crippen LogP contribution in [0.1, 0.15) is 16.7 Å². The normalized spacial score (nSPS) is 10.8. The minimum atomic E-state index is 0.214. The molecule has 0 bridgehead atoms. The van der Waals surface area contributed by atoms with Gasteiger partial charge < -0.3 is 18.6 Å². The maximum Gasteiger partial charge on any atom is 0.238 e. The van der Waals surface area contributed by atoms with Gasteiger partial charge in [0.1, 0.15) is 41.2 Å². The van der Waals surface area contributed by atoms with Crippen molar-refractivity contribution in [3.63, 3.8) is 0 Å². The summed E-state index contributed by atoms with van der Waals surface area (Å²) in [6, 6.07) is 32.3. The monoisotopic (exact) mass is 548 g/mol. The second-order valence-electron chi connectivity index (χ2n) is 8.80. The van der Waals surface area contributed by atoms with Crippen LogP contribution in [0.4, 0.5) is 5.88 Å². The second-order valence-corrected chi connectivity index (χ2v) is 9.24. The number of rotatable bonds is 9. The Balaban J connectivity index is 1.48. The van der Waals surface area contributed by atoms with E-state index in [0.717, 1.165) is 28.0 Å². The predicted octanol–water partition coefficient (Wildman–Crippen LogP) is 8.49. The SMILES string of the molecule is COc1ccc(-c2oc(N=Cc3cccc(OCc4ccc(Cl)cc4)c3)c(C#N)c2-c2ccc(OC)cc2)cc1. The smallest absolute Gasteiger partial charge is 0.238 e. The van der Waals surface area contributed by atoms with Crippen LogP contribution in [0.5, 0.6) is 17.2 Å². The Morgan fingerprint density at radius 1 is 0.825 bits per heavy atom. The summed E-state index contributed by atoms with van der Waals surface area (Å²) in [4.78, 5) is 4.58. The number of benzene rings is 4. The van der Waals surface area contributed by atoms with Crippen LogP contribution in [-0.4, -0.2) is 20.4 Å². The molecule has 0 N–H and O–H groups in total. The fraction of sp³-hybridized carbons (Fsp3) is 0.0909. The number of ether oxygens (including phenoxy) is 3. The number of furan rings is 1. The lowest BCUT2D eigenvalue weighted by Gasteiger charge is -2.07. The maximum atomic E-state index is 10.2. The van der Waals surface area contributed by atoms with E-state index in [1.807, 2.05) is 97.1 Å². The van der Waals surface area contributed by atoms with Crippen molar-refractivity contribution in [3.05, 3.63) is 119 Å². The second kappa shape index (κ2) is 12.2. The molecule has 0 aliphatic heterocycles. The number of halogens is 1. The molecule has 5 rings (SSSR count). The van der Waals surface area contributed by atoms with Crippen LogP contribution in [0, 0.1) is 11.3 Å². The van der Waals surface area contributed by atoms with E-state index in [4.69, 9.17) is 30.2 Å². The van der Waals surface area contributed by atoms with Gasteiger partial charge in [0.25, 0.3) is 0 Å². The third kappa shape index (κ3) is 6.01. The summed E-state index contributed by atoms with van der Waals surface area (Å²) in [6.07, 6.45) is 1.66. The van der Waals surface area contributed by atoms with E-state index in [9.17, 15) is 5.26 Å². The third-order valence-corrected chi connectivity index (χ3v) is 6.49. The predicted molar refractivity (Wildman–Crippen MR) is 157 cm³/mol. The van der Waals surface area contributed by atoms with Crippen LogP contribution >= 0.6 is 11.6 Å². The van der Waals surface area contributed by atoms with E-state index in [2.05, 4.69) is 11.1 Å². The number of hydrogen-bond acceptors (Lipinski definition) is 6. The highest BCUT2D eigenvalue weighted by molar-refractivity contribution is 6.30. The molecular formula is C33H25ClN2O4. The Labute approximate surface area is 237 Å². The Morgan fingerprint density at radius 3 is 2.10 bits per heavy atom. The molecule has 1 aromatic heterocycles. The lowest BCUT2D eigenvalue weighted by atomic mass is 9.98. The van der Waals surface area contributed by atoms with Crippen molar-refractivity contribution in [2.24, 2.45) is 4.99 Å². The summed E-state index contributed by atoms with van der Waals surface area (Å²) >= 11 is 5.97. The molecule has 5 aromatic rings.